The van der Waals surface area contributed by atoms with Crippen molar-refractivity contribution >= 4 is 23.9 Å². The summed E-state index contributed by atoms with van der Waals surface area (Å²) in [7, 11) is 3.87. The molecule has 1 fully saturated rings. The van der Waals surface area contributed by atoms with Crippen LogP contribution in [-0.4, -0.2) is 54.3 Å². The van der Waals surface area contributed by atoms with Gasteiger partial charge in [0.2, 0.25) is 11.9 Å². The molecule has 146 valence electrons. The highest BCUT2D eigenvalue weighted by Gasteiger charge is 2.34. The molecular formula is C21H26N6O. The fourth-order valence-corrected chi connectivity index (χ4v) is 3.85. The zero-order valence-electron chi connectivity index (χ0n) is 16.4. The van der Waals surface area contributed by atoms with Gasteiger partial charge in [-0.1, -0.05) is 30.3 Å². The fourth-order valence-electron chi connectivity index (χ4n) is 3.85. The predicted molar refractivity (Wildman–Crippen MR) is 110 cm³/mol. The molecule has 0 bridgehead atoms. The second-order valence-electron chi connectivity index (χ2n) is 7.51. The Labute approximate surface area is 165 Å². The summed E-state index contributed by atoms with van der Waals surface area (Å²) < 4.78 is 0. The smallest absolute Gasteiger partial charge is 0.246 e. The number of amides is 1. The van der Waals surface area contributed by atoms with Crippen LogP contribution in [0.1, 0.15) is 30.9 Å². The van der Waals surface area contributed by atoms with E-state index in [9.17, 15) is 4.79 Å². The third kappa shape index (κ3) is 3.69. The van der Waals surface area contributed by atoms with Gasteiger partial charge in [0.25, 0.3) is 0 Å². The zero-order valence-corrected chi connectivity index (χ0v) is 16.4. The first-order chi connectivity index (χ1) is 13.6. The van der Waals surface area contributed by atoms with Crippen LogP contribution < -0.4 is 9.80 Å². The second kappa shape index (κ2) is 7.96. The van der Waals surface area contributed by atoms with Crippen molar-refractivity contribution in [2.24, 2.45) is 11.0 Å². The molecule has 2 aliphatic heterocycles. The summed E-state index contributed by atoms with van der Waals surface area (Å²) in [4.78, 5) is 26.2. The van der Waals surface area contributed by atoms with Gasteiger partial charge in [0, 0.05) is 51.9 Å². The van der Waals surface area contributed by atoms with Crippen LogP contribution >= 0.6 is 0 Å². The summed E-state index contributed by atoms with van der Waals surface area (Å²) in [6.07, 6.45) is 6.05. The minimum atomic E-state index is 0.00729. The molecule has 0 saturated carbocycles. The van der Waals surface area contributed by atoms with E-state index in [2.05, 4.69) is 32.1 Å². The molecule has 28 heavy (non-hydrogen) atoms. The van der Waals surface area contributed by atoms with E-state index in [0.29, 0.717) is 5.95 Å². The van der Waals surface area contributed by atoms with Crippen molar-refractivity contribution in [1.82, 2.24) is 15.0 Å². The summed E-state index contributed by atoms with van der Waals surface area (Å²) in [5.41, 5.74) is 1.14. The van der Waals surface area contributed by atoms with Crippen LogP contribution in [0.2, 0.25) is 0 Å². The lowest BCUT2D eigenvalue weighted by Gasteiger charge is -2.34. The molecule has 3 heterocycles. The number of hydrogen-bond acceptors (Lipinski definition) is 6. The zero-order chi connectivity index (χ0) is 19.5. The largest absolute Gasteiger partial charge is 0.356 e. The number of carbonyl (C=O) groups excluding carboxylic acids is 1. The molecule has 0 spiro atoms. The van der Waals surface area contributed by atoms with Gasteiger partial charge >= 0.3 is 0 Å². The minimum Gasteiger partial charge on any atom is -0.356 e. The molecule has 7 heteroatoms. The van der Waals surface area contributed by atoms with E-state index in [1.165, 1.54) is 0 Å². The summed E-state index contributed by atoms with van der Waals surface area (Å²) in [5, 5.41) is 6.09. The summed E-state index contributed by atoms with van der Waals surface area (Å²) in [6, 6.07) is 12.1. The number of benzene rings is 1. The molecule has 0 radical (unpaired) electrons. The number of piperidine rings is 1. The van der Waals surface area contributed by atoms with E-state index < -0.39 is 0 Å². The van der Waals surface area contributed by atoms with Crippen LogP contribution in [0.15, 0.2) is 47.7 Å². The van der Waals surface area contributed by atoms with E-state index >= 15 is 0 Å². The highest BCUT2D eigenvalue weighted by Crippen LogP contribution is 2.32. The fraction of sp³-hybridized carbons (Fsp3) is 0.429. The van der Waals surface area contributed by atoms with Crippen molar-refractivity contribution in [3.63, 3.8) is 0 Å². The second-order valence-corrected chi connectivity index (χ2v) is 7.51. The monoisotopic (exact) mass is 378 g/mol. The Kier molecular flexibility index (Phi) is 5.23. The molecule has 1 aromatic carbocycles. The Morgan fingerprint density at radius 2 is 1.86 bits per heavy atom. The lowest BCUT2D eigenvalue weighted by Crippen LogP contribution is -2.41. The molecule has 2 aromatic rings. The van der Waals surface area contributed by atoms with E-state index in [1.54, 1.807) is 11.2 Å². The molecule has 1 amide bonds. The number of nitrogens with zero attached hydrogens (tertiary/aromatic N) is 6. The molecule has 0 N–H and O–H groups in total. The van der Waals surface area contributed by atoms with Gasteiger partial charge < -0.3 is 9.80 Å². The standard InChI is InChI=1S/C21H26N6O/c1-25(2)21-22-12-9-19(24-21)26-14-10-17(11-15-26)20(28)27-18(8-13-23-27)16-6-4-3-5-7-16/h3-7,9,12-13,17-18H,8,10-11,14-15H2,1-2H3/t18-/m0/s1. The van der Waals surface area contributed by atoms with Gasteiger partial charge in [0.1, 0.15) is 5.82 Å². The van der Waals surface area contributed by atoms with Gasteiger partial charge in [-0.05, 0) is 24.5 Å². The molecule has 4 rings (SSSR count). The SMILES string of the molecule is CN(C)c1nccc(N2CCC(C(=O)N3N=CC[C@H]3c3ccccc3)CC2)n1. The van der Waals surface area contributed by atoms with Gasteiger partial charge in [-0.25, -0.2) is 9.99 Å². The predicted octanol–water partition coefficient (Wildman–Crippen LogP) is 2.72. The summed E-state index contributed by atoms with van der Waals surface area (Å²) in [5.74, 6) is 1.77. The van der Waals surface area contributed by atoms with Gasteiger partial charge in [-0.15, -0.1) is 0 Å². The molecule has 1 atom stereocenters. The molecule has 7 nitrogen and oxygen atoms in total. The van der Waals surface area contributed by atoms with Crippen molar-refractivity contribution in [2.45, 2.75) is 25.3 Å². The first-order valence-electron chi connectivity index (χ1n) is 9.79. The van der Waals surface area contributed by atoms with Crippen molar-refractivity contribution in [1.29, 1.82) is 0 Å². The number of anilines is 2. The minimum absolute atomic E-state index is 0.00729. The van der Waals surface area contributed by atoms with Crippen LogP contribution in [0, 0.1) is 5.92 Å². The van der Waals surface area contributed by atoms with Gasteiger partial charge in [0.15, 0.2) is 0 Å². The maximum absolute atomic E-state index is 13.1. The average Bonchev–Trinajstić information content (AvgIpc) is 3.24. The van der Waals surface area contributed by atoms with Gasteiger partial charge in [0.05, 0.1) is 6.04 Å². The van der Waals surface area contributed by atoms with E-state index in [1.807, 2.05) is 49.5 Å². The van der Waals surface area contributed by atoms with Crippen LogP contribution in [0.25, 0.3) is 0 Å². The summed E-state index contributed by atoms with van der Waals surface area (Å²) in [6.45, 7) is 1.63. The van der Waals surface area contributed by atoms with E-state index in [4.69, 9.17) is 0 Å². The van der Waals surface area contributed by atoms with Crippen molar-refractivity contribution in [3.8, 4) is 0 Å². The van der Waals surface area contributed by atoms with Crippen LogP contribution in [0.4, 0.5) is 11.8 Å². The average molecular weight is 378 g/mol. The Morgan fingerprint density at radius 3 is 2.57 bits per heavy atom. The number of aromatic nitrogens is 2. The third-order valence-electron chi connectivity index (χ3n) is 5.44. The lowest BCUT2D eigenvalue weighted by molar-refractivity contribution is -0.138. The molecule has 0 aliphatic carbocycles. The first kappa shape index (κ1) is 18.4. The topological polar surface area (TPSA) is 64.9 Å². The normalized spacial score (nSPS) is 19.9. The lowest BCUT2D eigenvalue weighted by atomic mass is 9.94. The van der Waals surface area contributed by atoms with Crippen LogP contribution in [0.5, 0.6) is 0 Å². The highest BCUT2D eigenvalue weighted by molar-refractivity contribution is 5.82. The van der Waals surface area contributed by atoms with Crippen LogP contribution in [0.3, 0.4) is 0 Å². The molecular weight excluding hydrogens is 352 g/mol. The number of hydrogen-bond donors (Lipinski definition) is 0. The Hall–Kier alpha value is -2.96. The summed E-state index contributed by atoms with van der Waals surface area (Å²) >= 11 is 0. The maximum Gasteiger partial charge on any atom is 0.246 e. The maximum atomic E-state index is 13.1. The van der Waals surface area contributed by atoms with Gasteiger partial charge in [-0.2, -0.15) is 10.1 Å². The third-order valence-corrected chi connectivity index (χ3v) is 5.44. The number of rotatable bonds is 4. The van der Waals surface area contributed by atoms with Crippen LogP contribution in [-0.2, 0) is 4.79 Å². The number of hydrazone groups is 1. The van der Waals surface area contributed by atoms with Crippen molar-refractivity contribution < 1.29 is 4.79 Å². The molecule has 2 aliphatic rings. The van der Waals surface area contributed by atoms with E-state index in [0.717, 1.165) is 43.7 Å². The Balaban J connectivity index is 1.40. The Morgan fingerprint density at radius 1 is 1.11 bits per heavy atom. The first-order valence-corrected chi connectivity index (χ1v) is 9.79. The van der Waals surface area contributed by atoms with Crippen molar-refractivity contribution in [2.75, 3.05) is 37.0 Å². The Bertz CT molecular complexity index is 845. The quantitative estimate of drug-likeness (QED) is 0.818. The van der Waals surface area contributed by atoms with Crippen molar-refractivity contribution in [3.05, 3.63) is 48.2 Å². The molecule has 0 unspecified atom stereocenters. The molecule has 1 saturated heterocycles. The molecule has 1 aromatic heterocycles. The van der Waals surface area contributed by atoms with E-state index in [-0.39, 0.29) is 17.9 Å². The highest BCUT2D eigenvalue weighted by atomic mass is 16.2. The number of carbonyl (C=O) groups is 1. The van der Waals surface area contributed by atoms with Gasteiger partial charge in [-0.3, -0.25) is 4.79 Å².